The van der Waals surface area contributed by atoms with Crippen LogP contribution in [0.25, 0.3) is 5.69 Å². The quantitative estimate of drug-likeness (QED) is 0.159. The van der Waals surface area contributed by atoms with Crippen LogP contribution in [0, 0.1) is 17.6 Å². The first-order chi connectivity index (χ1) is 26.4. The maximum absolute atomic E-state index is 15.0. The number of aromatic nitrogens is 6. The average Bonchev–Trinajstić information content (AvgIpc) is 3.92. The van der Waals surface area contributed by atoms with E-state index in [1.54, 1.807) is 17.9 Å². The standard InChI is InChI=1S/C37H42F2N8O7S/c1-3-35(26(2)54-55(49,50)51)47-36(48)46(25-42-47)31-7-5-29(6-8-31)43-14-16-44(17-15-43)30-9-11-32(12-10-30)52-20-27-19-37(53-21-27,22-45-24-40-23-41-45)33-13-4-28(38)18-34(33)39/h4-13,18,23-27,35H,3,14-17,19-22H2,1-2H3,(H,49,50,51)/t26-,27+,35-,37-/m0/s1. The van der Waals surface area contributed by atoms with E-state index in [-0.39, 0.29) is 18.0 Å². The van der Waals surface area contributed by atoms with Crippen LogP contribution in [0.15, 0.2) is 90.5 Å². The summed E-state index contributed by atoms with van der Waals surface area (Å²) in [7, 11) is -4.69. The number of nitrogens with zero attached hydrogens (tertiary/aromatic N) is 8. The highest BCUT2D eigenvalue weighted by molar-refractivity contribution is 7.80. The molecule has 3 aromatic carbocycles. The molecule has 2 aromatic heterocycles. The van der Waals surface area contributed by atoms with Gasteiger partial charge in [-0.25, -0.2) is 36.7 Å². The van der Waals surface area contributed by atoms with Crippen molar-refractivity contribution in [1.82, 2.24) is 29.1 Å². The van der Waals surface area contributed by atoms with Gasteiger partial charge in [0.05, 0.1) is 37.6 Å². The molecule has 0 unspecified atom stereocenters. The van der Waals surface area contributed by atoms with E-state index >= 15 is 0 Å². The van der Waals surface area contributed by atoms with Crippen LogP contribution in [0.1, 0.15) is 38.3 Å². The molecule has 0 saturated carbocycles. The van der Waals surface area contributed by atoms with Crippen LogP contribution in [0.5, 0.6) is 5.75 Å². The van der Waals surface area contributed by atoms with Crippen LogP contribution in [0.4, 0.5) is 20.2 Å². The summed E-state index contributed by atoms with van der Waals surface area (Å²) in [4.78, 5) is 21.8. The number of anilines is 2. The third-order valence-corrected chi connectivity index (χ3v) is 10.8. The Hall–Kier alpha value is -5.17. The van der Waals surface area contributed by atoms with E-state index in [4.69, 9.17) is 14.0 Å². The highest BCUT2D eigenvalue weighted by Crippen LogP contribution is 2.42. The van der Waals surface area contributed by atoms with Crippen LogP contribution in [0.3, 0.4) is 0 Å². The van der Waals surface area contributed by atoms with Crippen LogP contribution in [0.2, 0.25) is 0 Å². The molecular weight excluding hydrogens is 739 g/mol. The highest BCUT2D eigenvalue weighted by atomic mass is 32.3. The molecule has 1 N–H and O–H groups in total. The van der Waals surface area contributed by atoms with Gasteiger partial charge in [0.1, 0.15) is 42.0 Å². The minimum atomic E-state index is -4.69. The fourth-order valence-corrected chi connectivity index (χ4v) is 7.99. The molecule has 0 aliphatic carbocycles. The van der Waals surface area contributed by atoms with Gasteiger partial charge in [0, 0.05) is 55.1 Å². The summed E-state index contributed by atoms with van der Waals surface area (Å²) in [5, 5.41) is 8.36. The van der Waals surface area contributed by atoms with Crippen LogP contribution >= 0.6 is 0 Å². The van der Waals surface area contributed by atoms with Gasteiger partial charge in [-0.2, -0.15) is 18.6 Å². The fourth-order valence-electron chi connectivity index (χ4n) is 7.48. The predicted octanol–water partition coefficient (Wildman–Crippen LogP) is 4.40. The zero-order valence-corrected chi connectivity index (χ0v) is 31.1. The molecular formula is C37H42F2N8O7S. The van der Waals surface area contributed by atoms with Crippen molar-refractivity contribution in [1.29, 1.82) is 0 Å². The molecule has 18 heteroatoms. The first kappa shape index (κ1) is 38.1. The van der Waals surface area contributed by atoms with Gasteiger partial charge in [-0.3, -0.25) is 4.55 Å². The van der Waals surface area contributed by atoms with Crippen molar-refractivity contribution in [3.63, 3.8) is 0 Å². The molecule has 2 aliphatic heterocycles. The summed E-state index contributed by atoms with van der Waals surface area (Å²) in [6.45, 7) is 7.32. The first-order valence-electron chi connectivity index (χ1n) is 18.0. The second-order valence-electron chi connectivity index (χ2n) is 13.8. The number of hydrogen-bond donors (Lipinski definition) is 1. The van der Waals surface area contributed by atoms with Crippen LogP contribution in [-0.4, -0.2) is 87.6 Å². The molecule has 7 rings (SSSR count). The summed E-state index contributed by atoms with van der Waals surface area (Å²) < 4.78 is 81.4. The lowest BCUT2D eigenvalue weighted by molar-refractivity contribution is -0.0206. The number of rotatable bonds is 14. The highest BCUT2D eigenvalue weighted by Gasteiger charge is 2.44. The van der Waals surface area contributed by atoms with Gasteiger partial charge >= 0.3 is 16.1 Å². The van der Waals surface area contributed by atoms with E-state index in [1.807, 2.05) is 48.5 Å². The zero-order chi connectivity index (χ0) is 38.7. The van der Waals surface area contributed by atoms with Crippen molar-refractivity contribution in [2.75, 3.05) is 49.2 Å². The van der Waals surface area contributed by atoms with Gasteiger partial charge in [0.15, 0.2) is 0 Å². The largest absolute Gasteiger partial charge is 0.493 e. The minimum absolute atomic E-state index is 0.0358. The summed E-state index contributed by atoms with van der Waals surface area (Å²) in [6.07, 6.45) is 4.13. The van der Waals surface area contributed by atoms with Crippen molar-refractivity contribution in [2.45, 2.75) is 51.0 Å². The molecule has 2 aliphatic rings. The molecule has 0 amide bonds. The molecule has 4 heterocycles. The van der Waals surface area contributed by atoms with Gasteiger partial charge in [-0.05, 0) is 74.4 Å². The molecule has 0 radical (unpaired) electrons. The Labute approximate surface area is 316 Å². The molecule has 55 heavy (non-hydrogen) atoms. The van der Waals surface area contributed by atoms with Crippen molar-refractivity contribution >= 4 is 21.8 Å². The molecule has 15 nitrogen and oxygen atoms in total. The average molecular weight is 781 g/mol. The van der Waals surface area contributed by atoms with Crippen LogP contribution < -0.4 is 20.2 Å². The number of piperazine rings is 1. The molecule has 292 valence electrons. The SMILES string of the molecule is CC[C@@H]([C@H](C)OS(=O)(=O)O)n1ncn(-c2ccc(N3CCN(c4ccc(OC[C@@H]5CO[C@@](Cn6cncn6)(c6ccc(F)cc6F)C5)cc4)CC3)cc2)c1=O. The Kier molecular flexibility index (Phi) is 11.0. The zero-order valence-electron chi connectivity index (χ0n) is 30.3. The summed E-state index contributed by atoms with van der Waals surface area (Å²) in [5.74, 6) is -0.643. The second-order valence-corrected chi connectivity index (χ2v) is 14.9. The van der Waals surface area contributed by atoms with Gasteiger partial charge in [-0.15, -0.1) is 0 Å². The third-order valence-electron chi connectivity index (χ3n) is 10.2. The van der Waals surface area contributed by atoms with E-state index in [1.165, 1.54) is 41.0 Å². The van der Waals surface area contributed by atoms with Crippen molar-refractivity contribution < 1.29 is 35.4 Å². The minimum Gasteiger partial charge on any atom is -0.493 e. The Bertz CT molecular complexity index is 2230. The van der Waals surface area contributed by atoms with Crippen LogP contribution in [-0.2, 0) is 31.5 Å². The Balaban J connectivity index is 0.919. The van der Waals surface area contributed by atoms with Crippen molar-refractivity contribution in [2.24, 2.45) is 5.92 Å². The topological polar surface area (TPSA) is 159 Å². The molecule has 2 saturated heterocycles. The monoisotopic (exact) mass is 780 g/mol. The molecule has 2 fully saturated rings. The summed E-state index contributed by atoms with van der Waals surface area (Å²) in [5.41, 5.74) is 1.47. The number of hydrogen-bond acceptors (Lipinski definition) is 11. The van der Waals surface area contributed by atoms with Gasteiger partial charge < -0.3 is 19.3 Å². The normalized spacial score (nSPS) is 20.1. The lowest BCUT2D eigenvalue weighted by Gasteiger charge is -2.37. The van der Waals surface area contributed by atoms with E-state index in [0.717, 1.165) is 43.6 Å². The molecule has 0 spiro atoms. The summed E-state index contributed by atoms with van der Waals surface area (Å²) in [6, 6.07) is 18.4. The lowest BCUT2D eigenvalue weighted by Crippen LogP contribution is -2.46. The molecule has 4 atom stereocenters. The van der Waals surface area contributed by atoms with Gasteiger partial charge in [0.25, 0.3) is 0 Å². The number of ether oxygens (including phenoxy) is 2. The predicted molar refractivity (Wildman–Crippen MR) is 198 cm³/mol. The summed E-state index contributed by atoms with van der Waals surface area (Å²) >= 11 is 0. The maximum atomic E-state index is 15.0. The van der Waals surface area contributed by atoms with E-state index in [0.29, 0.717) is 37.5 Å². The van der Waals surface area contributed by atoms with Crippen molar-refractivity contribution in [3.8, 4) is 11.4 Å². The van der Waals surface area contributed by atoms with Gasteiger partial charge in [0.2, 0.25) is 0 Å². The van der Waals surface area contributed by atoms with Crippen molar-refractivity contribution in [3.05, 3.63) is 113 Å². The van der Waals surface area contributed by atoms with E-state index in [9.17, 15) is 22.0 Å². The Morgan fingerprint density at radius 3 is 2.20 bits per heavy atom. The Morgan fingerprint density at radius 1 is 0.945 bits per heavy atom. The van der Waals surface area contributed by atoms with E-state index < -0.39 is 45.5 Å². The van der Waals surface area contributed by atoms with Gasteiger partial charge in [-0.1, -0.05) is 13.0 Å². The molecule has 5 aromatic rings. The fraction of sp³-hybridized carbons (Fsp3) is 0.405. The smallest absolute Gasteiger partial charge is 0.397 e. The third kappa shape index (κ3) is 8.56. The second kappa shape index (κ2) is 15.9. The Morgan fingerprint density at radius 2 is 1.60 bits per heavy atom. The lowest BCUT2D eigenvalue weighted by atomic mass is 9.87. The maximum Gasteiger partial charge on any atom is 0.397 e. The first-order valence-corrected chi connectivity index (χ1v) is 19.3. The van der Waals surface area contributed by atoms with E-state index in [2.05, 4.69) is 29.2 Å². The number of halogens is 2. The molecule has 0 bridgehead atoms. The number of benzene rings is 3.